The second-order valence-corrected chi connectivity index (χ2v) is 6.31. The van der Waals surface area contributed by atoms with Gasteiger partial charge in [-0.1, -0.05) is 0 Å². The van der Waals surface area contributed by atoms with Gasteiger partial charge in [0.2, 0.25) is 12.3 Å². The average Bonchev–Trinajstić information content (AvgIpc) is 3.03. The van der Waals surface area contributed by atoms with E-state index < -0.39 is 17.5 Å². The Morgan fingerprint density at radius 3 is 2.52 bits per heavy atom. The summed E-state index contributed by atoms with van der Waals surface area (Å²) in [4.78, 5) is 27.5. The molecule has 0 saturated heterocycles. The van der Waals surface area contributed by atoms with Crippen molar-refractivity contribution in [3.05, 3.63) is 70.7 Å². The number of aromatic amines is 1. The van der Waals surface area contributed by atoms with Gasteiger partial charge in [-0.2, -0.15) is 0 Å². The van der Waals surface area contributed by atoms with E-state index in [0.29, 0.717) is 23.9 Å². The summed E-state index contributed by atoms with van der Waals surface area (Å²) in [6.45, 7) is 1.45. The molecule has 0 aliphatic rings. The zero-order valence-electron chi connectivity index (χ0n) is 14.6. The molecule has 4 nitrogen and oxygen atoms in total. The molecule has 1 heterocycles. The number of nitrogens with one attached hydrogen (secondary N) is 1. The van der Waals surface area contributed by atoms with Crippen LogP contribution in [0.15, 0.2) is 36.5 Å². The lowest BCUT2D eigenvalue weighted by Gasteiger charge is -2.15. The van der Waals surface area contributed by atoms with Crippen molar-refractivity contribution in [1.82, 2.24) is 9.88 Å². The monoisotopic (exact) mass is 374 g/mol. The molecule has 0 aliphatic heterocycles. The lowest BCUT2D eigenvalue weighted by atomic mass is 10.1. The Balaban J connectivity index is 1.70. The van der Waals surface area contributed by atoms with Crippen LogP contribution in [-0.2, 0) is 22.6 Å². The zero-order valence-corrected chi connectivity index (χ0v) is 14.6. The van der Waals surface area contributed by atoms with Crippen LogP contribution in [0.3, 0.4) is 0 Å². The fraction of sp³-hybridized carbons (Fsp3) is 0.200. The summed E-state index contributed by atoms with van der Waals surface area (Å²) in [5, 5.41) is 0.812. The number of imide groups is 1. The third-order valence-electron chi connectivity index (χ3n) is 4.47. The summed E-state index contributed by atoms with van der Waals surface area (Å²) in [6.07, 6.45) is 2.42. The van der Waals surface area contributed by atoms with Crippen LogP contribution in [-0.4, -0.2) is 22.2 Å². The zero-order chi connectivity index (χ0) is 19.6. The number of carbonyl (C=O) groups is 2. The first kappa shape index (κ1) is 18.7. The quantitative estimate of drug-likeness (QED) is 0.663. The summed E-state index contributed by atoms with van der Waals surface area (Å²) < 4.78 is 40.1. The van der Waals surface area contributed by atoms with Gasteiger partial charge in [-0.15, -0.1) is 0 Å². The summed E-state index contributed by atoms with van der Waals surface area (Å²) in [6, 6.07) is 5.88. The third kappa shape index (κ3) is 4.02. The molecule has 0 saturated carbocycles. The number of carbonyl (C=O) groups excluding carboxylic acids is 2. The molecule has 0 radical (unpaired) electrons. The van der Waals surface area contributed by atoms with E-state index in [4.69, 9.17) is 0 Å². The van der Waals surface area contributed by atoms with Crippen molar-refractivity contribution in [3.63, 3.8) is 0 Å². The number of benzene rings is 2. The van der Waals surface area contributed by atoms with Gasteiger partial charge in [0.1, 0.15) is 17.5 Å². The highest BCUT2D eigenvalue weighted by Gasteiger charge is 2.16. The van der Waals surface area contributed by atoms with Crippen LogP contribution in [0.2, 0.25) is 0 Å². The molecular weight excluding hydrogens is 357 g/mol. The summed E-state index contributed by atoms with van der Waals surface area (Å²) in [5.74, 6) is -2.33. The number of aromatic nitrogens is 1. The van der Waals surface area contributed by atoms with Crippen molar-refractivity contribution in [2.24, 2.45) is 0 Å². The van der Waals surface area contributed by atoms with Crippen molar-refractivity contribution in [2.45, 2.75) is 26.3 Å². The molecule has 0 fully saturated rings. The molecule has 140 valence electrons. The maximum Gasteiger partial charge on any atom is 0.229 e. The predicted octanol–water partition coefficient (Wildman–Crippen LogP) is 4.01. The van der Waals surface area contributed by atoms with Gasteiger partial charge in [-0.25, -0.2) is 13.2 Å². The fourth-order valence-corrected chi connectivity index (χ4v) is 3.05. The second-order valence-electron chi connectivity index (χ2n) is 6.31. The average molecular weight is 374 g/mol. The molecule has 0 aliphatic carbocycles. The van der Waals surface area contributed by atoms with Crippen molar-refractivity contribution < 1.29 is 22.8 Å². The lowest BCUT2D eigenvalue weighted by molar-refractivity contribution is -0.138. The Labute approximate surface area is 153 Å². The fourth-order valence-electron chi connectivity index (χ4n) is 3.05. The topological polar surface area (TPSA) is 53.2 Å². The highest BCUT2D eigenvalue weighted by atomic mass is 19.1. The van der Waals surface area contributed by atoms with Gasteiger partial charge in [0.15, 0.2) is 0 Å². The van der Waals surface area contributed by atoms with Crippen LogP contribution < -0.4 is 0 Å². The molecule has 0 bridgehead atoms. The minimum absolute atomic E-state index is 0.0277. The van der Waals surface area contributed by atoms with Crippen LogP contribution >= 0.6 is 0 Å². The molecular formula is C20H17F3N2O2. The van der Waals surface area contributed by atoms with Crippen molar-refractivity contribution in [1.29, 1.82) is 0 Å². The number of aryl methyl sites for hydroxylation is 2. The van der Waals surface area contributed by atoms with Gasteiger partial charge in [0.25, 0.3) is 0 Å². The first-order valence-electron chi connectivity index (χ1n) is 8.34. The lowest BCUT2D eigenvalue weighted by Crippen LogP contribution is -2.29. The highest BCUT2D eigenvalue weighted by Crippen LogP contribution is 2.24. The minimum Gasteiger partial charge on any atom is -0.361 e. The number of fused-ring (bicyclic) bond motifs is 1. The normalized spacial score (nSPS) is 11.0. The molecule has 2 amide bonds. The van der Waals surface area contributed by atoms with Crippen LogP contribution in [0, 0.1) is 24.4 Å². The van der Waals surface area contributed by atoms with E-state index in [2.05, 4.69) is 4.98 Å². The molecule has 0 spiro atoms. The molecule has 0 unspecified atom stereocenters. The number of amides is 2. The predicted molar refractivity (Wildman–Crippen MR) is 94.3 cm³/mol. The Morgan fingerprint density at radius 1 is 1.15 bits per heavy atom. The Morgan fingerprint density at radius 2 is 1.85 bits per heavy atom. The summed E-state index contributed by atoms with van der Waals surface area (Å²) in [7, 11) is 0. The van der Waals surface area contributed by atoms with Gasteiger partial charge in [-0.3, -0.25) is 14.5 Å². The Bertz CT molecular complexity index is 994. The van der Waals surface area contributed by atoms with Crippen molar-refractivity contribution >= 4 is 23.2 Å². The second kappa shape index (κ2) is 7.65. The van der Waals surface area contributed by atoms with E-state index in [1.165, 1.54) is 6.07 Å². The third-order valence-corrected chi connectivity index (χ3v) is 4.47. The number of nitrogens with zero attached hydrogens (tertiary/aromatic N) is 1. The van der Waals surface area contributed by atoms with Crippen LogP contribution in [0.5, 0.6) is 0 Å². The maximum atomic E-state index is 13.6. The van der Waals surface area contributed by atoms with Gasteiger partial charge in [0.05, 0.1) is 12.1 Å². The molecule has 2 aromatic carbocycles. The largest absolute Gasteiger partial charge is 0.361 e. The van der Waals surface area contributed by atoms with Gasteiger partial charge in [-0.05, 0) is 48.7 Å². The molecule has 1 N–H and O–H groups in total. The SMILES string of the molecule is Cc1c(F)ccc2c(CCC(=O)N(C=O)Cc3cc(F)cc(F)c3)c[nH]c12. The number of H-pyrrole nitrogens is 1. The van der Waals surface area contributed by atoms with E-state index in [9.17, 15) is 22.8 Å². The maximum absolute atomic E-state index is 13.6. The first-order chi connectivity index (χ1) is 12.9. The minimum atomic E-state index is -0.773. The molecule has 1 aromatic heterocycles. The Hall–Kier alpha value is -3.09. The van der Waals surface area contributed by atoms with E-state index in [1.807, 2.05) is 0 Å². The van der Waals surface area contributed by atoms with Crippen LogP contribution in [0.4, 0.5) is 13.2 Å². The highest BCUT2D eigenvalue weighted by molar-refractivity contribution is 5.88. The van der Waals surface area contributed by atoms with E-state index in [-0.39, 0.29) is 24.3 Å². The van der Waals surface area contributed by atoms with E-state index >= 15 is 0 Å². The molecule has 0 atom stereocenters. The Kier molecular flexibility index (Phi) is 5.30. The number of rotatable bonds is 6. The number of hydrogen-bond donors (Lipinski definition) is 1. The number of halogens is 3. The van der Waals surface area contributed by atoms with Crippen molar-refractivity contribution in [2.75, 3.05) is 0 Å². The standard InChI is InChI=1S/C20H17F3N2O2/c1-12-18(23)4-3-17-14(9-24-20(12)17)2-5-19(27)25(11-26)10-13-6-15(21)8-16(22)7-13/h3-4,6-9,11,24H,2,5,10H2,1H3. The first-order valence-corrected chi connectivity index (χ1v) is 8.34. The molecule has 3 rings (SSSR count). The smallest absolute Gasteiger partial charge is 0.229 e. The van der Waals surface area contributed by atoms with Gasteiger partial charge < -0.3 is 4.98 Å². The molecule has 7 heteroatoms. The number of hydrogen-bond acceptors (Lipinski definition) is 2. The molecule has 27 heavy (non-hydrogen) atoms. The van der Waals surface area contributed by atoms with Crippen LogP contribution in [0.25, 0.3) is 10.9 Å². The van der Waals surface area contributed by atoms with Gasteiger partial charge in [0, 0.05) is 29.6 Å². The van der Waals surface area contributed by atoms with Crippen molar-refractivity contribution in [3.8, 4) is 0 Å². The summed E-state index contributed by atoms with van der Waals surface area (Å²) >= 11 is 0. The van der Waals surface area contributed by atoms with Crippen LogP contribution in [0.1, 0.15) is 23.1 Å². The van der Waals surface area contributed by atoms with Gasteiger partial charge >= 0.3 is 0 Å². The summed E-state index contributed by atoms with van der Waals surface area (Å²) in [5.41, 5.74) is 2.17. The van der Waals surface area contributed by atoms with E-state index in [0.717, 1.165) is 34.0 Å². The van der Waals surface area contributed by atoms with E-state index in [1.54, 1.807) is 19.2 Å². The molecule has 3 aromatic rings.